The summed E-state index contributed by atoms with van der Waals surface area (Å²) in [4.78, 5) is 0. The van der Waals surface area contributed by atoms with Crippen LogP contribution >= 0.6 is 0 Å². The molecular weight excluding hydrogens is 240 g/mol. The van der Waals surface area contributed by atoms with E-state index in [0.29, 0.717) is 5.92 Å². The van der Waals surface area contributed by atoms with E-state index in [1.807, 2.05) is 0 Å². The van der Waals surface area contributed by atoms with E-state index >= 15 is 0 Å². The maximum Gasteiger partial charge on any atom is -0.0118 e. The maximum atomic E-state index is 2.38. The second-order valence-electron chi connectivity index (χ2n) is 5.82. The third kappa shape index (κ3) is 2.02. The molecule has 0 saturated heterocycles. The number of aryl methyl sites for hydroxylation is 1. The first-order valence-electron chi connectivity index (χ1n) is 7.46. The van der Waals surface area contributed by atoms with Crippen LogP contribution in [0.1, 0.15) is 29.0 Å². The van der Waals surface area contributed by atoms with Crippen molar-refractivity contribution in [1.82, 2.24) is 0 Å². The van der Waals surface area contributed by atoms with Gasteiger partial charge < -0.3 is 0 Å². The number of hydrogen-bond donors (Lipinski definition) is 0. The Bertz CT molecular complexity index is 755. The first kappa shape index (κ1) is 11.7. The van der Waals surface area contributed by atoms with Crippen molar-refractivity contribution >= 4 is 10.8 Å². The third-order valence-corrected chi connectivity index (χ3v) is 4.59. The monoisotopic (exact) mass is 258 g/mol. The molecule has 3 aromatic rings. The predicted molar refractivity (Wildman–Crippen MR) is 85.2 cm³/mol. The summed E-state index contributed by atoms with van der Waals surface area (Å²) >= 11 is 0. The highest BCUT2D eigenvalue weighted by Gasteiger charge is 2.19. The van der Waals surface area contributed by atoms with E-state index in [1.165, 1.54) is 41.2 Å². The highest BCUT2D eigenvalue weighted by molar-refractivity contribution is 5.83. The van der Waals surface area contributed by atoms with Crippen molar-refractivity contribution in [3.63, 3.8) is 0 Å². The van der Waals surface area contributed by atoms with E-state index < -0.39 is 0 Å². The molecule has 1 unspecified atom stereocenters. The molecule has 0 fully saturated rings. The predicted octanol–water partition coefficient (Wildman–Crippen LogP) is 5.11. The molecule has 0 nitrogen and oxygen atoms in total. The van der Waals surface area contributed by atoms with Crippen molar-refractivity contribution < 1.29 is 0 Å². The van der Waals surface area contributed by atoms with E-state index in [9.17, 15) is 0 Å². The van der Waals surface area contributed by atoms with Crippen LogP contribution in [0.2, 0.25) is 0 Å². The Morgan fingerprint density at radius 1 is 0.700 bits per heavy atom. The summed E-state index contributed by atoms with van der Waals surface area (Å²) in [6.07, 6.45) is 3.68. The van der Waals surface area contributed by atoms with Gasteiger partial charge in [-0.25, -0.2) is 0 Å². The fourth-order valence-electron chi connectivity index (χ4n) is 3.44. The van der Waals surface area contributed by atoms with Crippen molar-refractivity contribution in [3.8, 4) is 0 Å². The van der Waals surface area contributed by atoms with Crippen LogP contribution in [-0.4, -0.2) is 0 Å². The van der Waals surface area contributed by atoms with Crippen LogP contribution in [0, 0.1) is 0 Å². The van der Waals surface area contributed by atoms with Crippen LogP contribution in [-0.2, 0) is 12.8 Å². The number of hydrogen-bond acceptors (Lipinski definition) is 0. The van der Waals surface area contributed by atoms with E-state index in [-0.39, 0.29) is 0 Å². The second kappa shape index (κ2) is 4.79. The summed E-state index contributed by atoms with van der Waals surface area (Å²) in [5.74, 6) is 0.675. The Hall–Kier alpha value is -2.08. The van der Waals surface area contributed by atoms with Gasteiger partial charge in [-0.1, -0.05) is 66.7 Å². The van der Waals surface area contributed by atoms with Gasteiger partial charge >= 0.3 is 0 Å². The summed E-state index contributed by atoms with van der Waals surface area (Å²) in [5.41, 5.74) is 4.58. The summed E-state index contributed by atoms with van der Waals surface area (Å²) in [5, 5.41) is 2.70. The molecule has 1 aliphatic rings. The van der Waals surface area contributed by atoms with Crippen LogP contribution in [0.4, 0.5) is 0 Å². The Morgan fingerprint density at radius 3 is 2.35 bits per heavy atom. The molecule has 3 aromatic carbocycles. The van der Waals surface area contributed by atoms with Gasteiger partial charge in [0.25, 0.3) is 0 Å². The molecule has 0 N–H and O–H groups in total. The molecule has 20 heavy (non-hydrogen) atoms. The van der Waals surface area contributed by atoms with Gasteiger partial charge in [-0.15, -0.1) is 0 Å². The van der Waals surface area contributed by atoms with E-state index in [2.05, 4.69) is 66.7 Å². The molecule has 0 heterocycles. The lowest BCUT2D eigenvalue weighted by molar-refractivity contribution is 0.585. The Labute approximate surface area is 120 Å². The van der Waals surface area contributed by atoms with Crippen molar-refractivity contribution in [3.05, 3.63) is 83.4 Å². The molecule has 1 atom stereocenters. The molecule has 0 heteroatoms. The first-order valence-corrected chi connectivity index (χ1v) is 7.46. The van der Waals surface area contributed by atoms with Gasteiger partial charge in [-0.05, 0) is 52.6 Å². The van der Waals surface area contributed by atoms with Gasteiger partial charge in [0.15, 0.2) is 0 Å². The van der Waals surface area contributed by atoms with Gasteiger partial charge in [0.05, 0.1) is 0 Å². The third-order valence-electron chi connectivity index (χ3n) is 4.59. The fraction of sp³-hybridized carbons (Fsp3) is 0.200. The fourth-order valence-corrected chi connectivity index (χ4v) is 3.44. The lowest BCUT2D eigenvalue weighted by atomic mass is 9.80. The topological polar surface area (TPSA) is 0 Å². The smallest absolute Gasteiger partial charge is 0.0118 e. The number of rotatable bonds is 1. The Kier molecular flexibility index (Phi) is 2.81. The molecule has 0 bridgehead atoms. The molecule has 0 amide bonds. The minimum Gasteiger partial charge on any atom is -0.0620 e. The zero-order valence-corrected chi connectivity index (χ0v) is 11.5. The average Bonchev–Trinajstić information content (AvgIpc) is 2.54. The highest BCUT2D eigenvalue weighted by Crippen LogP contribution is 2.33. The lowest BCUT2D eigenvalue weighted by Gasteiger charge is -2.25. The molecule has 0 radical (unpaired) electrons. The van der Waals surface area contributed by atoms with Crippen molar-refractivity contribution in [2.75, 3.05) is 0 Å². The minimum absolute atomic E-state index is 0.675. The molecular formula is C20H18. The van der Waals surface area contributed by atoms with Gasteiger partial charge in [-0.2, -0.15) is 0 Å². The van der Waals surface area contributed by atoms with Gasteiger partial charge in [0, 0.05) is 0 Å². The van der Waals surface area contributed by atoms with Gasteiger partial charge in [-0.3, -0.25) is 0 Å². The first-order chi connectivity index (χ1) is 9.90. The molecule has 1 aliphatic carbocycles. The SMILES string of the molecule is c1ccc2c(c1)CCC(c1ccc3ccccc3c1)C2. The van der Waals surface area contributed by atoms with Crippen LogP contribution in [0.3, 0.4) is 0 Å². The van der Waals surface area contributed by atoms with Gasteiger partial charge in [0.2, 0.25) is 0 Å². The summed E-state index contributed by atoms with van der Waals surface area (Å²) in [6.45, 7) is 0. The maximum absolute atomic E-state index is 2.38. The second-order valence-corrected chi connectivity index (χ2v) is 5.82. The van der Waals surface area contributed by atoms with E-state index in [1.54, 1.807) is 5.56 Å². The summed E-state index contributed by atoms with van der Waals surface area (Å²) in [6, 6.07) is 24.5. The summed E-state index contributed by atoms with van der Waals surface area (Å²) < 4.78 is 0. The highest BCUT2D eigenvalue weighted by atomic mass is 14.2. The zero-order chi connectivity index (χ0) is 13.4. The quantitative estimate of drug-likeness (QED) is 0.569. The van der Waals surface area contributed by atoms with E-state index in [4.69, 9.17) is 0 Å². The van der Waals surface area contributed by atoms with Crippen molar-refractivity contribution in [2.45, 2.75) is 25.2 Å². The zero-order valence-electron chi connectivity index (χ0n) is 11.5. The number of benzene rings is 3. The Morgan fingerprint density at radius 2 is 1.45 bits per heavy atom. The van der Waals surface area contributed by atoms with Crippen LogP contribution in [0.5, 0.6) is 0 Å². The van der Waals surface area contributed by atoms with E-state index in [0.717, 1.165) is 0 Å². The lowest BCUT2D eigenvalue weighted by Crippen LogP contribution is -2.12. The molecule has 0 aromatic heterocycles. The van der Waals surface area contributed by atoms with Crippen molar-refractivity contribution in [2.24, 2.45) is 0 Å². The molecule has 0 aliphatic heterocycles. The molecule has 4 rings (SSSR count). The Balaban J connectivity index is 1.70. The molecule has 0 saturated carbocycles. The van der Waals surface area contributed by atoms with Crippen LogP contribution in [0.25, 0.3) is 10.8 Å². The molecule has 98 valence electrons. The molecule has 0 spiro atoms. The average molecular weight is 258 g/mol. The minimum atomic E-state index is 0.675. The van der Waals surface area contributed by atoms with Gasteiger partial charge in [0.1, 0.15) is 0 Å². The van der Waals surface area contributed by atoms with Crippen LogP contribution < -0.4 is 0 Å². The van der Waals surface area contributed by atoms with Crippen LogP contribution in [0.15, 0.2) is 66.7 Å². The van der Waals surface area contributed by atoms with Crippen molar-refractivity contribution in [1.29, 1.82) is 0 Å². The largest absolute Gasteiger partial charge is 0.0620 e. The number of fused-ring (bicyclic) bond motifs is 2. The normalized spacial score (nSPS) is 17.9. The standard InChI is InChI=1S/C20H18/c1-3-7-17-13-19(11-9-15(17)5-1)20-12-10-16-6-2-4-8-18(16)14-20/h1-9,11,13,20H,10,12,14H2. The summed E-state index contributed by atoms with van der Waals surface area (Å²) in [7, 11) is 0.